The number of hydrogen-bond acceptors (Lipinski definition) is 4. The standard InChI is InChI=1S/C20H25N5/c1-16-12-17(2)25-15-19(22-20(25)21-16)14-24-10-8-23(9-11-24)13-18-6-4-3-5-7-18/h3-7,12,15H,8-11,13-14H2,1-2H3. The fourth-order valence-corrected chi connectivity index (χ4v) is 3.57. The van der Waals surface area contributed by atoms with Crippen LogP contribution in [0.15, 0.2) is 42.6 Å². The summed E-state index contributed by atoms with van der Waals surface area (Å²) >= 11 is 0. The van der Waals surface area contributed by atoms with Crippen molar-refractivity contribution in [1.29, 1.82) is 0 Å². The Bertz CT molecular complexity index is 847. The van der Waals surface area contributed by atoms with Gasteiger partial charge in [-0.25, -0.2) is 9.97 Å². The van der Waals surface area contributed by atoms with E-state index in [0.717, 1.165) is 56.4 Å². The highest BCUT2D eigenvalue weighted by Crippen LogP contribution is 2.13. The minimum absolute atomic E-state index is 0.815. The fourth-order valence-electron chi connectivity index (χ4n) is 3.57. The van der Waals surface area contributed by atoms with Crippen molar-refractivity contribution in [2.24, 2.45) is 0 Å². The van der Waals surface area contributed by atoms with Gasteiger partial charge in [0.1, 0.15) is 0 Å². The van der Waals surface area contributed by atoms with Gasteiger partial charge in [0.2, 0.25) is 5.78 Å². The first-order valence-electron chi connectivity index (χ1n) is 8.98. The summed E-state index contributed by atoms with van der Waals surface area (Å²) in [6.07, 6.45) is 2.13. The van der Waals surface area contributed by atoms with E-state index in [1.165, 1.54) is 11.3 Å². The topological polar surface area (TPSA) is 36.7 Å². The molecule has 3 heterocycles. The van der Waals surface area contributed by atoms with Crippen LogP contribution in [0, 0.1) is 13.8 Å². The number of aromatic nitrogens is 3. The van der Waals surface area contributed by atoms with Gasteiger partial charge >= 0.3 is 0 Å². The number of fused-ring (bicyclic) bond motifs is 1. The molecule has 0 atom stereocenters. The molecule has 1 saturated heterocycles. The largest absolute Gasteiger partial charge is 0.297 e. The molecule has 0 aliphatic carbocycles. The number of piperazine rings is 1. The van der Waals surface area contributed by atoms with Crippen LogP contribution in [0.5, 0.6) is 0 Å². The summed E-state index contributed by atoms with van der Waals surface area (Å²) in [5.41, 5.74) is 4.72. The van der Waals surface area contributed by atoms with Crippen LogP contribution in [0.2, 0.25) is 0 Å². The Morgan fingerprint density at radius 3 is 2.28 bits per heavy atom. The maximum atomic E-state index is 4.71. The molecular formula is C20H25N5. The van der Waals surface area contributed by atoms with Crippen LogP contribution in [0.4, 0.5) is 0 Å². The zero-order valence-corrected chi connectivity index (χ0v) is 15.0. The summed E-state index contributed by atoms with van der Waals surface area (Å²) in [6.45, 7) is 10.5. The highest BCUT2D eigenvalue weighted by molar-refractivity contribution is 5.34. The average molecular weight is 335 g/mol. The lowest BCUT2D eigenvalue weighted by Crippen LogP contribution is -2.45. The zero-order chi connectivity index (χ0) is 17.2. The van der Waals surface area contributed by atoms with Gasteiger partial charge < -0.3 is 0 Å². The second-order valence-corrected chi connectivity index (χ2v) is 6.98. The molecular weight excluding hydrogens is 310 g/mol. The Balaban J connectivity index is 1.36. The van der Waals surface area contributed by atoms with Crippen molar-refractivity contribution < 1.29 is 0 Å². The molecule has 5 nitrogen and oxygen atoms in total. The summed E-state index contributed by atoms with van der Waals surface area (Å²) in [5.74, 6) is 0.815. The summed E-state index contributed by atoms with van der Waals surface area (Å²) in [7, 11) is 0. The van der Waals surface area contributed by atoms with Crippen LogP contribution in [0.3, 0.4) is 0 Å². The van der Waals surface area contributed by atoms with E-state index < -0.39 is 0 Å². The van der Waals surface area contributed by atoms with Crippen LogP contribution < -0.4 is 0 Å². The highest BCUT2D eigenvalue weighted by atomic mass is 15.3. The number of rotatable bonds is 4. The van der Waals surface area contributed by atoms with Gasteiger partial charge in [0.25, 0.3) is 0 Å². The van der Waals surface area contributed by atoms with Crippen molar-refractivity contribution >= 4 is 5.78 Å². The Kier molecular flexibility index (Phi) is 4.51. The monoisotopic (exact) mass is 335 g/mol. The van der Waals surface area contributed by atoms with E-state index in [4.69, 9.17) is 4.98 Å². The molecule has 1 aliphatic heterocycles. The first kappa shape index (κ1) is 16.2. The van der Waals surface area contributed by atoms with E-state index in [9.17, 15) is 0 Å². The van der Waals surface area contributed by atoms with Crippen molar-refractivity contribution in [2.45, 2.75) is 26.9 Å². The highest BCUT2D eigenvalue weighted by Gasteiger charge is 2.18. The van der Waals surface area contributed by atoms with Crippen molar-refractivity contribution in [3.8, 4) is 0 Å². The van der Waals surface area contributed by atoms with Gasteiger partial charge in [-0.05, 0) is 25.5 Å². The van der Waals surface area contributed by atoms with E-state index in [0.29, 0.717) is 0 Å². The van der Waals surface area contributed by atoms with Crippen LogP contribution >= 0.6 is 0 Å². The van der Waals surface area contributed by atoms with E-state index in [-0.39, 0.29) is 0 Å². The minimum atomic E-state index is 0.815. The van der Waals surface area contributed by atoms with Crippen LogP contribution in [-0.4, -0.2) is 50.3 Å². The summed E-state index contributed by atoms with van der Waals surface area (Å²) in [6, 6.07) is 12.8. The normalized spacial score (nSPS) is 16.6. The first-order chi connectivity index (χ1) is 12.2. The molecule has 0 N–H and O–H groups in total. The summed E-state index contributed by atoms with van der Waals surface area (Å²) in [5, 5.41) is 0. The molecule has 1 fully saturated rings. The Morgan fingerprint density at radius 2 is 1.56 bits per heavy atom. The molecule has 130 valence electrons. The third-order valence-corrected chi connectivity index (χ3v) is 4.91. The second kappa shape index (κ2) is 6.94. The second-order valence-electron chi connectivity index (χ2n) is 6.98. The van der Waals surface area contributed by atoms with Crippen LogP contribution in [0.1, 0.15) is 22.6 Å². The molecule has 1 aromatic carbocycles. The van der Waals surface area contributed by atoms with Crippen molar-refractivity contribution in [3.63, 3.8) is 0 Å². The number of nitrogens with zero attached hydrogens (tertiary/aromatic N) is 5. The summed E-state index contributed by atoms with van der Waals surface area (Å²) in [4.78, 5) is 14.3. The number of aryl methyl sites for hydroxylation is 2. The number of benzene rings is 1. The van der Waals surface area contributed by atoms with E-state index in [2.05, 4.69) is 68.7 Å². The molecule has 25 heavy (non-hydrogen) atoms. The molecule has 0 saturated carbocycles. The molecule has 0 unspecified atom stereocenters. The molecule has 0 amide bonds. The average Bonchev–Trinajstić information content (AvgIpc) is 3.00. The molecule has 0 radical (unpaired) electrons. The van der Waals surface area contributed by atoms with Gasteiger partial charge in [0.15, 0.2) is 0 Å². The fraction of sp³-hybridized carbons (Fsp3) is 0.400. The number of imidazole rings is 1. The van der Waals surface area contributed by atoms with Crippen molar-refractivity contribution in [3.05, 3.63) is 65.2 Å². The molecule has 5 heteroatoms. The SMILES string of the molecule is Cc1cc(C)n2cc(CN3CCN(Cc4ccccc4)CC3)nc2n1. The molecule has 0 bridgehead atoms. The van der Waals surface area contributed by atoms with Gasteiger partial charge in [-0.1, -0.05) is 30.3 Å². The Morgan fingerprint density at radius 1 is 0.880 bits per heavy atom. The quantitative estimate of drug-likeness (QED) is 0.734. The first-order valence-corrected chi connectivity index (χ1v) is 8.98. The predicted octanol–water partition coefficient (Wildman–Crippen LogP) is 2.66. The third kappa shape index (κ3) is 3.72. The van der Waals surface area contributed by atoms with Crippen LogP contribution in [0.25, 0.3) is 5.78 Å². The lowest BCUT2D eigenvalue weighted by atomic mass is 10.2. The summed E-state index contributed by atoms with van der Waals surface area (Å²) < 4.78 is 2.09. The maximum absolute atomic E-state index is 4.71. The van der Waals surface area contributed by atoms with E-state index in [1.807, 2.05) is 6.92 Å². The van der Waals surface area contributed by atoms with Gasteiger partial charge in [-0.2, -0.15) is 0 Å². The van der Waals surface area contributed by atoms with Gasteiger partial charge in [0.05, 0.1) is 5.69 Å². The minimum Gasteiger partial charge on any atom is -0.297 e. The van der Waals surface area contributed by atoms with Gasteiger partial charge in [0, 0.05) is 56.9 Å². The zero-order valence-electron chi connectivity index (χ0n) is 15.0. The van der Waals surface area contributed by atoms with E-state index >= 15 is 0 Å². The third-order valence-electron chi connectivity index (χ3n) is 4.91. The number of hydrogen-bond donors (Lipinski definition) is 0. The van der Waals surface area contributed by atoms with Gasteiger partial charge in [-0.15, -0.1) is 0 Å². The lowest BCUT2D eigenvalue weighted by molar-refractivity contribution is 0.121. The maximum Gasteiger partial charge on any atom is 0.234 e. The van der Waals surface area contributed by atoms with Crippen LogP contribution in [-0.2, 0) is 13.1 Å². The van der Waals surface area contributed by atoms with Crippen molar-refractivity contribution in [1.82, 2.24) is 24.2 Å². The molecule has 3 aromatic rings. The molecule has 1 aliphatic rings. The Labute approximate surface area is 148 Å². The smallest absolute Gasteiger partial charge is 0.234 e. The lowest BCUT2D eigenvalue weighted by Gasteiger charge is -2.34. The predicted molar refractivity (Wildman–Crippen MR) is 99.5 cm³/mol. The van der Waals surface area contributed by atoms with Crippen molar-refractivity contribution in [2.75, 3.05) is 26.2 Å². The molecule has 0 spiro atoms. The van der Waals surface area contributed by atoms with E-state index in [1.54, 1.807) is 0 Å². The molecule has 2 aromatic heterocycles. The Hall–Kier alpha value is -2.24. The molecule has 4 rings (SSSR count). The van der Waals surface area contributed by atoms with Gasteiger partial charge in [-0.3, -0.25) is 14.2 Å².